The lowest BCUT2D eigenvalue weighted by Crippen LogP contribution is -2.55. The summed E-state index contributed by atoms with van der Waals surface area (Å²) in [5, 5.41) is 24.2. The van der Waals surface area contributed by atoms with E-state index in [1.165, 1.54) is 24.1 Å². The van der Waals surface area contributed by atoms with Crippen LogP contribution >= 0.6 is 11.8 Å². The molecule has 3 unspecified atom stereocenters. The number of nitriles is 1. The van der Waals surface area contributed by atoms with E-state index in [4.69, 9.17) is 9.52 Å². The van der Waals surface area contributed by atoms with Gasteiger partial charge in [0.2, 0.25) is 5.91 Å². The number of carboxylic acids is 1. The lowest BCUT2D eigenvalue weighted by Gasteiger charge is -2.33. The maximum absolute atomic E-state index is 12.2. The molecule has 128 valence electrons. The molecule has 25 heavy (non-hydrogen) atoms. The first-order valence-electron chi connectivity index (χ1n) is 7.52. The van der Waals surface area contributed by atoms with Gasteiger partial charge in [-0.15, -0.1) is 11.8 Å². The summed E-state index contributed by atoms with van der Waals surface area (Å²) in [5.41, 5.74) is 0.635. The van der Waals surface area contributed by atoms with Gasteiger partial charge in [0.05, 0.1) is 23.9 Å². The van der Waals surface area contributed by atoms with Crippen LogP contribution in [0.25, 0.3) is 0 Å². The number of hydrogen-bond donors (Lipinski definition) is 3. The fourth-order valence-corrected chi connectivity index (χ4v) is 3.56. The van der Waals surface area contributed by atoms with Crippen LogP contribution in [0.1, 0.15) is 27.7 Å². The van der Waals surface area contributed by atoms with E-state index in [0.29, 0.717) is 11.5 Å². The zero-order chi connectivity index (χ0) is 17.8. The highest BCUT2D eigenvalue weighted by atomic mass is 32.2. The molecule has 3 N–H and O–H groups in total. The molecule has 1 aliphatic rings. The first-order valence-corrected chi connectivity index (χ1v) is 8.56. The summed E-state index contributed by atoms with van der Waals surface area (Å²) >= 11 is 1.40. The number of nitrogens with zero attached hydrogens (tertiary/aromatic N) is 1. The van der Waals surface area contributed by atoms with Crippen LogP contribution in [0.2, 0.25) is 0 Å². The van der Waals surface area contributed by atoms with Crippen molar-refractivity contribution in [1.82, 2.24) is 10.6 Å². The van der Waals surface area contributed by atoms with Gasteiger partial charge < -0.3 is 14.8 Å². The Hall–Kier alpha value is -2.76. The van der Waals surface area contributed by atoms with Gasteiger partial charge in [0.15, 0.2) is 0 Å². The maximum atomic E-state index is 12.2. The van der Waals surface area contributed by atoms with E-state index < -0.39 is 23.4 Å². The summed E-state index contributed by atoms with van der Waals surface area (Å²) in [5.74, 6) is -1.19. The topological polar surface area (TPSA) is 115 Å². The highest BCUT2D eigenvalue weighted by Gasteiger charge is 2.38. The van der Waals surface area contributed by atoms with Crippen LogP contribution in [0, 0.1) is 17.2 Å². The summed E-state index contributed by atoms with van der Waals surface area (Å²) in [6.45, 7) is 0. The number of carboxylic acid groups (broad SMARTS) is 1. The number of amides is 1. The predicted octanol–water partition coefficient (Wildman–Crippen LogP) is 2.10. The zero-order valence-corrected chi connectivity index (χ0v) is 13.8. The zero-order valence-electron chi connectivity index (χ0n) is 13.0. The molecule has 2 aromatic rings. The second-order valence-corrected chi connectivity index (χ2v) is 6.57. The van der Waals surface area contributed by atoms with Crippen molar-refractivity contribution in [2.75, 3.05) is 0 Å². The number of benzene rings is 1. The highest BCUT2D eigenvalue weighted by molar-refractivity contribution is 7.99. The molecular weight excluding hydrogens is 342 g/mol. The molecule has 1 amide bonds. The van der Waals surface area contributed by atoms with Crippen LogP contribution in [-0.2, 0) is 10.5 Å². The average molecular weight is 357 g/mol. The molecule has 1 aromatic heterocycles. The summed E-state index contributed by atoms with van der Waals surface area (Å²) in [6, 6.07) is 11.5. The SMILES string of the molecule is N#CC1C(=O)NC(SCc2cccc(C(=O)O)c2)NC1c1ccco1. The second kappa shape index (κ2) is 7.42. The first kappa shape index (κ1) is 17.1. The van der Waals surface area contributed by atoms with Gasteiger partial charge >= 0.3 is 5.97 Å². The molecule has 0 radical (unpaired) electrons. The monoisotopic (exact) mass is 357 g/mol. The molecule has 1 aromatic carbocycles. The lowest BCUT2D eigenvalue weighted by molar-refractivity contribution is -0.126. The highest BCUT2D eigenvalue weighted by Crippen LogP contribution is 2.29. The quantitative estimate of drug-likeness (QED) is 0.750. The second-order valence-electron chi connectivity index (χ2n) is 5.47. The van der Waals surface area contributed by atoms with E-state index in [9.17, 15) is 14.9 Å². The third kappa shape index (κ3) is 3.84. The number of furan rings is 1. The Labute approximate surface area is 148 Å². The number of carbonyl (C=O) groups is 2. The smallest absolute Gasteiger partial charge is 0.335 e. The van der Waals surface area contributed by atoms with E-state index in [1.807, 2.05) is 12.1 Å². The molecule has 0 aliphatic carbocycles. The maximum Gasteiger partial charge on any atom is 0.335 e. The van der Waals surface area contributed by atoms with Gasteiger partial charge in [0, 0.05) is 5.75 Å². The van der Waals surface area contributed by atoms with E-state index in [2.05, 4.69) is 10.6 Å². The van der Waals surface area contributed by atoms with Gasteiger partial charge in [-0.3, -0.25) is 10.1 Å². The molecule has 0 saturated carbocycles. The largest absolute Gasteiger partial charge is 0.478 e. The summed E-state index contributed by atoms with van der Waals surface area (Å²) in [6.07, 6.45) is 1.50. The fraction of sp³-hybridized carbons (Fsp3) is 0.235. The Balaban J connectivity index is 1.69. The van der Waals surface area contributed by atoms with Crippen molar-refractivity contribution in [3.63, 3.8) is 0 Å². The van der Waals surface area contributed by atoms with Crippen LogP contribution in [0.15, 0.2) is 47.1 Å². The van der Waals surface area contributed by atoms with E-state index >= 15 is 0 Å². The van der Waals surface area contributed by atoms with Crippen molar-refractivity contribution in [1.29, 1.82) is 5.26 Å². The molecule has 8 heteroatoms. The molecule has 3 atom stereocenters. The predicted molar refractivity (Wildman–Crippen MR) is 90.3 cm³/mol. The fourth-order valence-electron chi connectivity index (χ4n) is 2.58. The minimum Gasteiger partial charge on any atom is -0.478 e. The van der Waals surface area contributed by atoms with Crippen molar-refractivity contribution in [2.24, 2.45) is 5.92 Å². The van der Waals surface area contributed by atoms with Gasteiger partial charge in [-0.2, -0.15) is 5.26 Å². The normalized spacial score (nSPS) is 22.8. The molecule has 1 fully saturated rings. The van der Waals surface area contributed by atoms with Gasteiger partial charge in [0.1, 0.15) is 17.2 Å². The Morgan fingerprint density at radius 3 is 2.88 bits per heavy atom. The van der Waals surface area contributed by atoms with Crippen molar-refractivity contribution < 1.29 is 19.1 Å². The molecule has 7 nitrogen and oxygen atoms in total. The van der Waals surface area contributed by atoms with Crippen LogP contribution in [-0.4, -0.2) is 22.5 Å². The average Bonchev–Trinajstić information content (AvgIpc) is 3.14. The minimum atomic E-state index is -0.981. The van der Waals surface area contributed by atoms with Crippen molar-refractivity contribution in [2.45, 2.75) is 17.3 Å². The number of aromatic carboxylic acids is 1. The molecule has 2 heterocycles. The van der Waals surface area contributed by atoms with Crippen molar-refractivity contribution >= 4 is 23.6 Å². The van der Waals surface area contributed by atoms with Gasteiger partial charge in [-0.25, -0.2) is 4.79 Å². The summed E-state index contributed by atoms with van der Waals surface area (Å²) < 4.78 is 5.34. The number of nitrogens with one attached hydrogen (secondary N) is 2. The summed E-state index contributed by atoms with van der Waals surface area (Å²) in [4.78, 5) is 23.2. The van der Waals surface area contributed by atoms with Gasteiger partial charge in [0.25, 0.3) is 0 Å². The lowest BCUT2D eigenvalue weighted by atomic mass is 9.96. The van der Waals surface area contributed by atoms with Crippen LogP contribution < -0.4 is 10.6 Å². The molecular formula is C17H15N3O4S. The Morgan fingerprint density at radius 1 is 1.36 bits per heavy atom. The Kier molecular flexibility index (Phi) is 5.07. The minimum absolute atomic E-state index is 0.219. The number of hydrogen-bond acceptors (Lipinski definition) is 6. The van der Waals surface area contributed by atoms with Crippen molar-refractivity contribution in [3.05, 3.63) is 59.5 Å². The molecule has 1 saturated heterocycles. The number of rotatable bonds is 5. The Bertz CT molecular complexity index is 816. The van der Waals surface area contributed by atoms with E-state index in [1.54, 1.807) is 24.3 Å². The van der Waals surface area contributed by atoms with Crippen LogP contribution in [0.5, 0.6) is 0 Å². The third-order valence-electron chi connectivity index (χ3n) is 3.80. The molecule has 0 bridgehead atoms. The molecule has 3 rings (SSSR count). The molecule has 1 aliphatic heterocycles. The number of carbonyl (C=O) groups excluding carboxylic acids is 1. The molecule has 0 spiro atoms. The van der Waals surface area contributed by atoms with E-state index in [0.717, 1.165) is 5.56 Å². The Morgan fingerprint density at radius 2 is 2.20 bits per heavy atom. The summed E-state index contributed by atoms with van der Waals surface area (Å²) in [7, 11) is 0. The van der Waals surface area contributed by atoms with Gasteiger partial charge in [-0.1, -0.05) is 12.1 Å². The van der Waals surface area contributed by atoms with Crippen LogP contribution in [0.3, 0.4) is 0 Å². The van der Waals surface area contributed by atoms with Crippen LogP contribution in [0.4, 0.5) is 0 Å². The third-order valence-corrected chi connectivity index (χ3v) is 4.89. The first-order chi connectivity index (χ1) is 12.1. The van der Waals surface area contributed by atoms with E-state index in [-0.39, 0.29) is 11.5 Å². The van der Waals surface area contributed by atoms with Gasteiger partial charge in [-0.05, 0) is 29.8 Å². The standard InChI is InChI=1S/C17H15N3O4S/c18-8-12-14(13-5-2-6-24-13)19-17(20-15(12)21)25-9-10-3-1-4-11(7-10)16(22)23/h1-7,12,14,17,19H,9H2,(H,20,21)(H,22,23). The van der Waals surface area contributed by atoms with Crippen molar-refractivity contribution in [3.8, 4) is 6.07 Å². The number of thioether (sulfide) groups is 1.